The Bertz CT molecular complexity index is 693. The molecule has 0 spiro atoms. The molecule has 0 aromatic rings. The third kappa shape index (κ3) is 7.53. The second kappa shape index (κ2) is 10.8. The van der Waals surface area contributed by atoms with E-state index in [1.54, 1.807) is 0 Å². The van der Waals surface area contributed by atoms with Gasteiger partial charge in [0.25, 0.3) is 11.8 Å². The average molecular weight is 399 g/mol. The van der Waals surface area contributed by atoms with E-state index in [0.29, 0.717) is 0 Å². The third-order valence-electron chi connectivity index (χ3n) is 3.80. The van der Waals surface area contributed by atoms with Gasteiger partial charge in [0.1, 0.15) is 7.45 Å². The number of carbonyl (C=O) groups excluding carboxylic acids is 4. The number of nitrogens with one attached hydrogen (secondary N) is 2. The topological polar surface area (TPSA) is 196 Å². The number of imide groups is 1. The molecular formula is C16H22N4O8. The molecule has 0 bridgehead atoms. The van der Waals surface area contributed by atoms with Crippen LogP contribution >= 0.6 is 0 Å². The van der Waals surface area contributed by atoms with Crippen LogP contribution in [0.5, 0.6) is 0 Å². The number of carbonyl (C=O) groups is 6. The molecule has 1 rings (SSSR count). The Hall–Kier alpha value is -3.28. The van der Waals surface area contributed by atoms with Crippen molar-refractivity contribution in [2.75, 3.05) is 13.1 Å². The predicted octanol–water partition coefficient (Wildman–Crippen LogP) is -2.43. The molecule has 154 valence electrons. The Balaban J connectivity index is 2.40. The van der Waals surface area contributed by atoms with Crippen LogP contribution in [-0.4, -0.2) is 75.9 Å². The summed E-state index contributed by atoms with van der Waals surface area (Å²) in [5.74, 6) is -4.94. The number of hydrogen-bond acceptors (Lipinski definition) is 7. The van der Waals surface area contributed by atoms with Crippen molar-refractivity contribution >= 4 is 35.6 Å². The summed E-state index contributed by atoms with van der Waals surface area (Å²) in [5.41, 5.74) is 1.92. The van der Waals surface area contributed by atoms with Gasteiger partial charge in [0, 0.05) is 38.1 Å². The first-order chi connectivity index (χ1) is 13.6. The lowest BCUT2D eigenvalue weighted by atomic mass is 10.1. The van der Waals surface area contributed by atoms with E-state index in [4.69, 9.17) is 11.6 Å². The molecule has 0 aromatic heterocycles. The summed E-state index contributed by atoms with van der Waals surface area (Å²) in [4.78, 5) is 69.3. The van der Waals surface area contributed by atoms with Crippen molar-refractivity contribution in [3.05, 3.63) is 12.2 Å². The maximum atomic E-state index is 12.1. The van der Waals surface area contributed by atoms with Gasteiger partial charge in [-0.3, -0.25) is 28.9 Å². The molecule has 0 radical (unpaired) electrons. The number of rotatable bonds is 13. The molecule has 0 aliphatic carbocycles. The Labute approximate surface area is 161 Å². The van der Waals surface area contributed by atoms with Gasteiger partial charge in [-0.1, -0.05) is 0 Å². The molecule has 12 heteroatoms. The van der Waals surface area contributed by atoms with Crippen LogP contribution in [0.3, 0.4) is 0 Å². The fraction of sp³-hybridized carbons (Fsp3) is 0.500. The lowest BCUT2D eigenvalue weighted by Gasteiger charge is -2.17. The van der Waals surface area contributed by atoms with Crippen molar-refractivity contribution in [2.45, 2.75) is 37.8 Å². The third-order valence-corrected chi connectivity index (χ3v) is 3.80. The first-order valence-electron chi connectivity index (χ1n) is 8.88. The fourth-order valence-corrected chi connectivity index (χ4v) is 2.25. The standard InChI is InChI=1S/C16H22N4O8/c17-9(15(26)19-10(16(27)28)2-6-14(24)25)1-3-11(21)18-7-8-20-12(22)4-5-13(20)23/h4-5,9-10H,1-3,6-8,17H2,(H,18,21)(H,19,26)(H,24,25)(H,27,28)/t9-,10+/m1/s1/i/hD. The second-order valence-electron chi connectivity index (χ2n) is 5.93. The quantitative estimate of drug-likeness (QED) is 0.209. The molecule has 0 unspecified atom stereocenters. The minimum atomic E-state index is -1.44. The molecule has 0 fully saturated rings. The van der Waals surface area contributed by atoms with Gasteiger partial charge in [-0.05, 0) is 12.8 Å². The highest BCUT2D eigenvalue weighted by Crippen LogP contribution is 2.03. The highest BCUT2D eigenvalue weighted by Gasteiger charge is 2.25. The summed E-state index contributed by atoms with van der Waals surface area (Å²) in [6.45, 7) is 0.000319. The number of carboxylic acids is 2. The van der Waals surface area contributed by atoms with Gasteiger partial charge in [0.15, 0.2) is 0 Å². The van der Waals surface area contributed by atoms with Gasteiger partial charge >= 0.3 is 11.9 Å². The predicted molar refractivity (Wildman–Crippen MR) is 92.5 cm³/mol. The Kier molecular flexibility index (Phi) is 8.09. The second-order valence-corrected chi connectivity index (χ2v) is 5.93. The number of nitrogens with zero attached hydrogens (tertiary/aromatic N) is 1. The van der Waals surface area contributed by atoms with Crippen LogP contribution in [0.4, 0.5) is 0 Å². The molecule has 0 saturated carbocycles. The van der Waals surface area contributed by atoms with Gasteiger partial charge in [-0.15, -0.1) is 0 Å². The van der Waals surface area contributed by atoms with E-state index in [9.17, 15) is 28.8 Å². The average Bonchev–Trinajstić information content (AvgIpc) is 2.97. The zero-order chi connectivity index (χ0) is 22.0. The molecule has 12 nitrogen and oxygen atoms in total. The minimum Gasteiger partial charge on any atom is -0.481 e. The highest BCUT2D eigenvalue weighted by molar-refractivity contribution is 6.12. The van der Waals surface area contributed by atoms with E-state index in [1.165, 1.54) is 0 Å². The fourth-order valence-electron chi connectivity index (χ4n) is 2.25. The van der Waals surface area contributed by atoms with Crippen LogP contribution in [-0.2, 0) is 28.8 Å². The first kappa shape index (κ1) is 21.0. The maximum Gasteiger partial charge on any atom is 0.326 e. The molecular weight excluding hydrogens is 376 g/mol. The Morgan fingerprint density at radius 3 is 2.29 bits per heavy atom. The van der Waals surface area contributed by atoms with Crippen LogP contribution in [0.2, 0.25) is 1.41 Å². The molecule has 6 N–H and O–H groups in total. The summed E-state index contributed by atoms with van der Waals surface area (Å²) in [5, 5.41) is 22.2. The number of carboxylic acid groups (broad SMARTS) is 2. The number of nitrogens with two attached hydrogens (primary N) is 1. The van der Waals surface area contributed by atoms with Crippen molar-refractivity contribution in [1.29, 1.82) is 0 Å². The van der Waals surface area contributed by atoms with Crippen LogP contribution < -0.4 is 16.4 Å². The van der Waals surface area contributed by atoms with E-state index in [-0.39, 0.29) is 32.4 Å². The van der Waals surface area contributed by atoms with Crippen LogP contribution in [0.15, 0.2) is 12.2 Å². The monoisotopic (exact) mass is 399 g/mol. The van der Waals surface area contributed by atoms with Gasteiger partial charge in [-0.25, -0.2) is 4.79 Å². The zero-order valence-electron chi connectivity index (χ0n) is 15.8. The van der Waals surface area contributed by atoms with E-state index < -0.39 is 54.1 Å². The van der Waals surface area contributed by atoms with Crippen molar-refractivity contribution < 1.29 is 40.4 Å². The molecule has 1 aliphatic heterocycles. The van der Waals surface area contributed by atoms with E-state index in [1.807, 2.05) is 5.73 Å². The normalized spacial score (nSPS) is 15.7. The van der Waals surface area contributed by atoms with Crippen molar-refractivity contribution in [2.24, 2.45) is 5.73 Å². The largest absolute Gasteiger partial charge is 0.481 e. The molecule has 28 heavy (non-hydrogen) atoms. The summed E-state index contributed by atoms with van der Waals surface area (Å²) < 4.78 is 7.18. The van der Waals surface area contributed by atoms with Crippen LogP contribution in [0.25, 0.3) is 0 Å². The minimum absolute atomic E-state index is 0.0130. The highest BCUT2D eigenvalue weighted by atomic mass is 16.4. The van der Waals surface area contributed by atoms with Gasteiger partial charge in [0.05, 0.1) is 6.04 Å². The molecule has 4 amide bonds. The van der Waals surface area contributed by atoms with Crippen molar-refractivity contribution in [3.63, 3.8) is 0 Å². The van der Waals surface area contributed by atoms with Crippen molar-refractivity contribution in [1.82, 2.24) is 15.5 Å². The smallest absolute Gasteiger partial charge is 0.326 e. The summed E-state index contributed by atoms with van der Waals surface area (Å²) in [7, 11) is 0. The molecule has 0 saturated heterocycles. The summed E-state index contributed by atoms with van der Waals surface area (Å²) >= 11 is 0. The van der Waals surface area contributed by atoms with E-state index >= 15 is 0 Å². The Morgan fingerprint density at radius 1 is 1.11 bits per heavy atom. The summed E-state index contributed by atoms with van der Waals surface area (Å²) in [6.07, 6.45) is 1.13. The van der Waals surface area contributed by atoms with Gasteiger partial charge in [0.2, 0.25) is 11.8 Å². The number of amides is 4. The lowest BCUT2D eigenvalue weighted by Crippen LogP contribution is -2.48. The molecule has 1 heterocycles. The van der Waals surface area contributed by atoms with Crippen molar-refractivity contribution in [3.8, 4) is 0 Å². The molecule has 0 aromatic carbocycles. The van der Waals surface area contributed by atoms with E-state index in [0.717, 1.165) is 17.1 Å². The summed E-state index contributed by atoms with van der Waals surface area (Å²) in [6, 6.07) is -2.63. The van der Waals surface area contributed by atoms with Gasteiger partial charge in [-0.2, -0.15) is 0 Å². The van der Waals surface area contributed by atoms with Gasteiger partial charge < -0.3 is 26.6 Å². The first-order valence-corrected chi connectivity index (χ1v) is 8.38. The molecule has 1 aliphatic rings. The Morgan fingerprint density at radius 2 is 1.75 bits per heavy atom. The van der Waals surface area contributed by atoms with E-state index in [2.05, 4.69) is 10.6 Å². The molecule has 2 atom stereocenters. The number of hydrogen-bond donors (Lipinski definition) is 5. The van der Waals surface area contributed by atoms with Crippen LogP contribution in [0, 0.1) is 0 Å². The van der Waals surface area contributed by atoms with Crippen LogP contribution in [0.1, 0.15) is 25.7 Å². The maximum absolute atomic E-state index is 12.1. The lowest BCUT2D eigenvalue weighted by molar-refractivity contribution is -0.143. The SMILES string of the molecule is [2H]N[C@H](CCC(=O)NCCN1C(=O)C=CC1=O)C(=O)N[C@@H](CCC(=O)O)C(=O)O. The number of aliphatic carboxylic acids is 2. The zero-order valence-corrected chi connectivity index (χ0v) is 14.8.